The van der Waals surface area contributed by atoms with E-state index >= 15 is 0 Å². The van der Waals surface area contributed by atoms with Gasteiger partial charge in [0.15, 0.2) is 0 Å². The van der Waals surface area contributed by atoms with Crippen LogP contribution < -0.4 is 0 Å². The number of sulfonamides is 1. The predicted molar refractivity (Wildman–Crippen MR) is 123 cm³/mol. The minimum absolute atomic E-state index is 0.158. The van der Waals surface area contributed by atoms with Crippen molar-refractivity contribution in [1.82, 2.24) is 14.2 Å². The molecule has 0 N–H and O–H groups in total. The number of piperazine rings is 1. The molecule has 6 nitrogen and oxygen atoms in total. The Kier molecular flexibility index (Phi) is 5.18. The fraction of sp³-hybridized carbons (Fsp3) is 0.182. The van der Waals surface area contributed by atoms with Crippen LogP contribution in [0.2, 0.25) is 5.02 Å². The predicted octanol–water partition coefficient (Wildman–Crippen LogP) is 4.14. The summed E-state index contributed by atoms with van der Waals surface area (Å²) in [5.41, 5.74) is 1.00. The molecular weight excluding hydrogens is 454 g/mol. The van der Waals surface area contributed by atoms with Crippen LogP contribution in [0.15, 0.2) is 65.1 Å². The molecule has 0 aliphatic carbocycles. The number of hydrogen-bond acceptors (Lipinski definition) is 5. The lowest BCUT2D eigenvalue weighted by atomic mass is 10.1. The number of pyridine rings is 1. The van der Waals surface area contributed by atoms with Gasteiger partial charge in [0.05, 0.1) is 6.54 Å². The molecule has 158 valence electrons. The highest BCUT2D eigenvalue weighted by atomic mass is 35.5. The second kappa shape index (κ2) is 7.87. The zero-order valence-electron chi connectivity index (χ0n) is 16.4. The van der Waals surface area contributed by atoms with Crippen molar-refractivity contribution in [3.05, 3.63) is 71.5 Å². The summed E-state index contributed by atoms with van der Waals surface area (Å²) in [5.74, 6) is -0.200. The van der Waals surface area contributed by atoms with Gasteiger partial charge in [-0.3, -0.25) is 9.78 Å². The fourth-order valence-electron chi connectivity index (χ4n) is 3.75. The molecule has 1 amide bonds. The Morgan fingerprint density at radius 1 is 1.00 bits per heavy atom. The molecule has 4 aromatic rings. The van der Waals surface area contributed by atoms with E-state index in [0.717, 1.165) is 26.4 Å². The zero-order chi connectivity index (χ0) is 21.6. The maximum Gasteiger partial charge on any atom is 0.253 e. The Labute approximate surface area is 188 Å². The van der Waals surface area contributed by atoms with E-state index in [1.165, 1.54) is 15.6 Å². The molecule has 9 heteroatoms. The first-order valence-electron chi connectivity index (χ1n) is 9.70. The van der Waals surface area contributed by atoms with Crippen molar-refractivity contribution in [3.8, 4) is 0 Å². The van der Waals surface area contributed by atoms with Gasteiger partial charge >= 0.3 is 0 Å². The number of benzene rings is 2. The van der Waals surface area contributed by atoms with Crippen molar-refractivity contribution in [2.24, 2.45) is 0 Å². The summed E-state index contributed by atoms with van der Waals surface area (Å²) < 4.78 is 28.6. The van der Waals surface area contributed by atoms with Gasteiger partial charge in [0, 0.05) is 47.1 Å². The smallest absolute Gasteiger partial charge is 0.253 e. The van der Waals surface area contributed by atoms with Crippen LogP contribution in [0, 0.1) is 0 Å². The molecule has 1 aliphatic heterocycles. The number of fused-ring (bicyclic) bond motifs is 2. The summed E-state index contributed by atoms with van der Waals surface area (Å²) in [4.78, 5) is 18.6. The largest absolute Gasteiger partial charge is 0.336 e. The summed E-state index contributed by atoms with van der Waals surface area (Å²) in [6, 6.07) is 14.9. The first-order chi connectivity index (χ1) is 14.9. The van der Waals surface area contributed by atoms with Crippen LogP contribution in [0.25, 0.3) is 20.9 Å². The van der Waals surface area contributed by atoms with Gasteiger partial charge in [0.25, 0.3) is 10.0 Å². The Bertz CT molecular complexity index is 1420. The number of carbonyl (C=O) groups is 1. The highest BCUT2D eigenvalue weighted by Crippen LogP contribution is 2.33. The summed E-state index contributed by atoms with van der Waals surface area (Å²) in [6.07, 6.45) is 3.54. The van der Waals surface area contributed by atoms with E-state index in [1.54, 1.807) is 41.6 Å². The van der Waals surface area contributed by atoms with Crippen molar-refractivity contribution in [3.63, 3.8) is 0 Å². The van der Waals surface area contributed by atoms with Gasteiger partial charge in [-0.1, -0.05) is 29.8 Å². The monoisotopic (exact) mass is 471 g/mol. The number of aromatic nitrogens is 1. The molecule has 3 heterocycles. The number of hydrogen-bond donors (Lipinski definition) is 0. The molecule has 31 heavy (non-hydrogen) atoms. The average molecular weight is 472 g/mol. The summed E-state index contributed by atoms with van der Waals surface area (Å²) in [6.45, 7) is 0.908. The van der Waals surface area contributed by atoms with Crippen molar-refractivity contribution in [2.75, 3.05) is 19.6 Å². The molecule has 1 saturated heterocycles. The Morgan fingerprint density at radius 3 is 2.68 bits per heavy atom. The Morgan fingerprint density at radius 2 is 1.84 bits per heavy atom. The molecule has 1 aliphatic rings. The molecule has 1 fully saturated rings. The normalized spacial score (nSPS) is 15.8. The third-order valence-corrected chi connectivity index (χ3v) is 9.04. The van der Waals surface area contributed by atoms with E-state index in [9.17, 15) is 13.2 Å². The maximum absolute atomic E-state index is 13.1. The van der Waals surface area contributed by atoms with Crippen LogP contribution >= 0.6 is 22.9 Å². The highest BCUT2D eigenvalue weighted by Gasteiger charge is 2.33. The summed E-state index contributed by atoms with van der Waals surface area (Å²) >= 11 is 7.19. The van der Waals surface area contributed by atoms with Crippen molar-refractivity contribution >= 4 is 59.7 Å². The summed E-state index contributed by atoms with van der Waals surface area (Å²) in [5, 5.41) is 3.49. The van der Waals surface area contributed by atoms with Crippen LogP contribution in [-0.2, 0) is 21.4 Å². The quantitative estimate of drug-likeness (QED) is 0.448. The van der Waals surface area contributed by atoms with Crippen LogP contribution in [0.4, 0.5) is 0 Å². The first kappa shape index (κ1) is 20.4. The molecule has 0 bridgehead atoms. The molecule has 0 atom stereocenters. The molecule has 2 aromatic heterocycles. The Balaban J connectivity index is 1.32. The second-order valence-electron chi connectivity index (χ2n) is 7.46. The van der Waals surface area contributed by atoms with Gasteiger partial charge in [0.2, 0.25) is 5.91 Å². The lowest BCUT2D eigenvalue weighted by Gasteiger charge is -2.33. The number of nitrogens with zero attached hydrogens (tertiary/aromatic N) is 3. The number of halogens is 1. The number of thiophene rings is 1. The first-order valence-corrected chi connectivity index (χ1v) is 12.3. The van der Waals surface area contributed by atoms with Gasteiger partial charge in [-0.2, -0.15) is 4.31 Å². The minimum atomic E-state index is -3.74. The van der Waals surface area contributed by atoms with Crippen molar-refractivity contribution in [1.29, 1.82) is 0 Å². The molecule has 2 aromatic carbocycles. The highest BCUT2D eigenvalue weighted by molar-refractivity contribution is 7.91. The van der Waals surface area contributed by atoms with Crippen LogP contribution in [0.1, 0.15) is 5.56 Å². The van der Waals surface area contributed by atoms with E-state index in [-0.39, 0.29) is 23.2 Å². The fourth-order valence-corrected chi connectivity index (χ4v) is 6.96. The van der Waals surface area contributed by atoms with Crippen LogP contribution in [0.3, 0.4) is 0 Å². The van der Waals surface area contributed by atoms with E-state index in [0.29, 0.717) is 18.1 Å². The van der Waals surface area contributed by atoms with E-state index in [1.807, 2.05) is 24.3 Å². The van der Waals surface area contributed by atoms with Gasteiger partial charge in [-0.05, 0) is 46.7 Å². The number of carbonyl (C=O) groups excluding carboxylic acids is 1. The Hall–Kier alpha value is -2.52. The molecule has 0 unspecified atom stereocenters. The van der Waals surface area contributed by atoms with Crippen LogP contribution in [-0.4, -0.2) is 48.1 Å². The molecule has 0 radical (unpaired) electrons. The molecule has 0 saturated carbocycles. The van der Waals surface area contributed by atoms with Gasteiger partial charge in [-0.25, -0.2) is 8.42 Å². The average Bonchev–Trinajstić information content (AvgIpc) is 3.19. The minimum Gasteiger partial charge on any atom is -0.336 e. The van der Waals surface area contributed by atoms with Gasteiger partial charge in [0.1, 0.15) is 4.21 Å². The lowest BCUT2D eigenvalue weighted by molar-refractivity contribution is -0.134. The van der Waals surface area contributed by atoms with Gasteiger partial charge in [-0.15, -0.1) is 11.3 Å². The van der Waals surface area contributed by atoms with Gasteiger partial charge < -0.3 is 4.90 Å². The van der Waals surface area contributed by atoms with Crippen molar-refractivity contribution in [2.45, 2.75) is 10.8 Å². The SMILES string of the molecule is O=C1CN(S(=O)(=O)c2cc3ccc(Cl)cc3s2)CCN1Cc1ccc2cnccc2c1. The lowest BCUT2D eigenvalue weighted by Crippen LogP contribution is -2.51. The molecule has 0 spiro atoms. The number of amides is 1. The standard InChI is InChI=1S/C22H18ClN3O3S2/c23-19-4-3-17-10-22(30-20(17)11-19)31(28,29)26-8-7-25(21(27)14-26)13-15-1-2-18-12-24-6-5-16(18)9-15/h1-6,9-12H,7-8,13-14H2. The zero-order valence-corrected chi connectivity index (χ0v) is 18.8. The topological polar surface area (TPSA) is 70.6 Å². The maximum atomic E-state index is 13.1. The van der Waals surface area contributed by atoms with E-state index in [2.05, 4.69) is 4.98 Å². The second-order valence-corrected chi connectivity index (χ2v) is 11.1. The van der Waals surface area contributed by atoms with E-state index < -0.39 is 10.0 Å². The number of rotatable bonds is 4. The van der Waals surface area contributed by atoms with E-state index in [4.69, 9.17) is 11.6 Å². The third-order valence-electron chi connectivity index (χ3n) is 5.42. The molecular formula is C22H18ClN3O3S2. The van der Waals surface area contributed by atoms with Crippen LogP contribution in [0.5, 0.6) is 0 Å². The molecule has 5 rings (SSSR count). The summed E-state index contributed by atoms with van der Waals surface area (Å²) in [7, 11) is -3.74. The van der Waals surface area contributed by atoms with Crippen molar-refractivity contribution < 1.29 is 13.2 Å². The third kappa shape index (κ3) is 3.92.